The van der Waals surface area contributed by atoms with Crippen molar-refractivity contribution in [3.8, 4) is 0 Å². The molecular weight excluding hydrogens is 292 g/mol. The second-order valence-electron chi connectivity index (χ2n) is 3.80. The first-order valence-corrected chi connectivity index (χ1v) is 7.54. The number of hydrogen-bond donors (Lipinski definition) is 5. The van der Waals surface area contributed by atoms with Gasteiger partial charge in [0.1, 0.15) is 6.54 Å². The molecular formula is C9H18N4O6S. The van der Waals surface area contributed by atoms with Gasteiger partial charge in [-0.05, 0) is 6.42 Å². The number of amides is 3. The molecule has 0 saturated heterocycles. The van der Waals surface area contributed by atoms with Crippen LogP contribution in [0.2, 0.25) is 0 Å². The number of carbonyl (C=O) groups is 3. The fourth-order valence-electron chi connectivity index (χ4n) is 1.01. The average molecular weight is 310 g/mol. The molecule has 0 fully saturated rings. The number of urea groups is 1. The fraction of sp³-hybridized carbons (Fsp3) is 0.667. The zero-order valence-corrected chi connectivity index (χ0v) is 11.7. The summed E-state index contributed by atoms with van der Waals surface area (Å²) in [5, 5.41) is 15.0. The minimum Gasteiger partial charge on any atom is -0.480 e. The Balaban J connectivity index is 3.59. The van der Waals surface area contributed by atoms with Crippen LogP contribution >= 0.6 is 0 Å². The van der Waals surface area contributed by atoms with Gasteiger partial charge in [-0.3, -0.25) is 9.59 Å². The summed E-state index contributed by atoms with van der Waals surface area (Å²) < 4.78 is 23.7. The zero-order valence-electron chi connectivity index (χ0n) is 10.9. The predicted octanol–water partition coefficient (Wildman–Crippen LogP) is -2.57. The molecule has 20 heavy (non-hydrogen) atoms. The van der Waals surface area contributed by atoms with Crippen molar-refractivity contribution in [1.29, 1.82) is 0 Å². The van der Waals surface area contributed by atoms with Crippen LogP contribution in [0.3, 0.4) is 0 Å². The number of aliphatic carboxylic acids is 1. The molecule has 10 nitrogen and oxygen atoms in total. The maximum Gasteiger partial charge on any atom is 0.322 e. The SMILES string of the molecule is CS(=O)(=O)NCCCNC(=O)NCC(=O)NCC(=O)O. The number of carboxylic acids is 1. The number of carboxylic acid groups (broad SMARTS) is 1. The van der Waals surface area contributed by atoms with E-state index < -0.39 is 34.5 Å². The van der Waals surface area contributed by atoms with Gasteiger partial charge in [0.05, 0.1) is 12.8 Å². The summed E-state index contributed by atoms with van der Waals surface area (Å²) in [5.41, 5.74) is 0. The molecule has 0 aromatic carbocycles. The van der Waals surface area contributed by atoms with E-state index in [1.807, 2.05) is 0 Å². The van der Waals surface area contributed by atoms with E-state index >= 15 is 0 Å². The molecule has 3 amide bonds. The van der Waals surface area contributed by atoms with Crippen molar-refractivity contribution in [3.63, 3.8) is 0 Å². The number of hydrogen-bond acceptors (Lipinski definition) is 5. The van der Waals surface area contributed by atoms with Crippen molar-refractivity contribution < 1.29 is 27.9 Å². The molecule has 0 spiro atoms. The molecule has 11 heteroatoms. The summed E-state index contributed by atoms with van der Waals surface area (Å²) in [6, 6.07) is -0.602. The summed E-state index contributed by atoms with van der Waals surface area (Å²) in [6.45, 7) is -0.441. The van der Waals surface area contributed by atoms with Gasteiger partial charge in [0.25, 0.3) is 0 Å². The van der Waals surface area contributed by atoms with Crippen molar-refractivity contribution in [2.24, 2.45) is 0 Å². The average Bonchev–Trinajstić information content (AvgIpc) is 2.32. The minimum absolute atomic E-state index is 0.193. The minimum atomic E-state index is -3.24. The Hall–Kier alpha value is -1.88. The normalized spacial score (nSPS) is 10.7. The van der Waals surface area contributed by atoms with Crippen molar-refractivity contribution in [3.05, 3.63) is 0 Å². The standard InChI is InChI=1S/C9H18N4O6S/c1-20(18,19)13-4-2-3-10-9(17)12-5-7(14)11-6-8(15)16/h13H,2-6H2,1H3,(H,11,14)(H,15,16)(H2,10,12,17). The van der Waals surface area contributed by atoms with Gasteiger partial charge in [0.15, 0.2) is 0 Å². The molecule has 0 bridgehead atoms. The predicted molar refractivity (Wildman–Crippen MR) is 69.5 cm³/mol. The van der Waals surface area contributed by atoms with Gasteiger partial charge in [-0.15, -0.1) is 0 Å². The molecule has 0 saturated carbocycles. The summed E-state index contributed by atoms with van der Waals surface area (Å²) in [5.74, 6) is -1.80. The Morgan fingerprint density at radius 3 is 2.20 bits per heavy atom. The van der Waals surface area contributed by atoms with Gasteiger partial charge in [0, 0.05) is 13.1 Å². The number of rotatable bonds is 9. The van der Waals surface area contributed by atoms with Gasteiger partial charge >= 0.3 is 12.0 Å². The van der Waals surface area contributed by atoms with Crippen LogP contribution in [0.5, 0.6) is 0 Å². The van der Waals surface area contributed by atoms with Crippen LogP contribution in [0.4, 0.5) is 4.79 Å². The Bertz CT molecular complexity index is 449. The van der Waals surface area contributed by atoms with E-state index in [9.17, 15) is 22.8 Å². The lowest BCUT2D eigenvalue weighted by atomic mass is 10.4. The zero-order chi connectivity index (χ0) is 15.6. The summed E-state index contributed by atoms with van der Waals surface area (Å²) in [4.78, 5) is 32.4. The van der Waals surface area contributed by atoms with E-state index in [1.165, 1.54) is 0 Å². The molecule has 0 aromatic heterocycles. The van der Waals surface area contributed by atoms with Crippen LogP contribution in [0.25, 0.3) is 0 Å². The lowest BCUT2D eigenvalue weighted by Gasteiger charge is -2.07. The molecule has 0 aliphatic heterocycles. The third kappa shape index (κ3) is 12.6. The monoisotopic (exact) mass is 310 g/mol. The molecule has 0 aromatic rings. The fourth-order valence-corrected chi connectivity index (χ4v) is 1.52. The maximum atomic E-state index is 11.2. The van der Waals surface area contributed by atoms with Gasteiger partial charge in [-0.1, -0.05) is 0 Å². The van der Waals surface area contributed by atoms with E-state index in [4.69, 9.17) is 5.11 Å². The first-order valence-electron chi connectivity index (χ1n) is 5.65. The van der Waals surface area contributed by atoms with Gasteiger partial charge < -0.3 is 21.1 Å². The van der Waals surface area contributed by atoms with Crippen molar-refractivity contribution >= 4 is 27.9 Å². The van der Waals surface area contributed by atoms with E-state index in [-0.39, 0.29) is 19.6 Å². The lowest BCUT2D eigenvalue weighted by molar-refractivity contribution is -0.137. The van der Waals surface area contributed by atoms with Crippen LogP contribution in [0, 0.1) is 0 Å². The Labute approximate surface area is 116 Å². The molecule has 0 unspecified atom stereocenters. The maximum absolute atomic E-state index is 11.2. The molecule has 0 rings (SSSR count). The second-order valence-corrected chi connectivity index (χ2v) is 5.63. The Morgan fingerprint density at radius 2 is 1.65 bits per heavy atom. The highest BCUT2D eigenvalue weighted by atomic mass is 32.2. The quantitative estimate of drug-likeness (QED) is 0.295. The van der Waals surface area contributed by atoms with E-state index in [2.05, 4.69) is 20.7 Å². The van der Waals surface area contributed by atoms with Crippen LogP contribution < -0.4 is 20.7 Å². The van der Waals surface area contributed by atoms with Crippen LogP contribution in [-0.2, 0) is 19.6 Å². The highest BCUT2D eigenvalue weighted by Crippen LogP contribution is 1.78. The molecule has 0 radical (unpaired) electrons. The molecule has 5 N–H and O–H groups in total. The first-order chi connectivity index (χ1) is 9.20. The summed E-state index contributed by atoms with van der Waals surface area (Å²) in [6.07, 6.45) is 1.43. The summed E-state index contributed by atoms with van der Waals surface area (Å²) >= 11 is 0. The Kier molecular flexibility index (Phi) is 8.24. The highest BCUT2D eigenvalue weighted by molar-refractivity contribution is 7.88. The molecule has 116 valence electrons. The molecule has 0 heterocycles. The first kappa shape index (κ1) is 18.1. The third-order valence-corrected chi connectivity index (χ3v) is 2.58. The smallest absolute Gasteiger partial charge is 0.322 e. The molecule has 0 aliphatic rings. The van der Waals surface area contributed by atoms with Gasteiger partial charge in [0.2, 0.25) is 15.9 Å². The van der Waals surface area contributed by atoms with Crippen molar-refractivity contribution in [2.75, 3.05) is 32.4 Å². The van der Waals surface area contributed by atoms with Gasteiger partial charge in [-0.2, -0.15) is 0 Å². The highest BCUT2D eigenvalue weighted by Gasteiger charge is 2.06. The number of carbonyl (C=O) groups excluding carboxylic acids is 2. The van der Waals surface area contributed by atoms with Crippen LogP contribution in [0.15, 0.2) is 0 Å². The largest absolute Gasteiger partial charge is 0.480 e. The van der Waals surface area contributed by atoms with Gasteiger partial charge in [-0.25, -0.2) is 17.9 Å². The van der Waals surface area contributed by atoms with Crippen LogP contribution in [0.1, 0.15) is 6.42 Å². The number of sulfonamides is 1. The van der Waals surface area contributed by atoms with E-state index in [0.717, 1.165) is 6.26 Å². The second kappa shape index (κ2) is 9.09. The summed E-state index contributed by atoms with van der Waals surface area (Å²) in [7, 11) is -3.24. The van der Waals surface area contributed by atoms with E-state index in [1.54, 1.807) is 0 Å². The van der Waals surface area contributed by atoms with E-state index in [0.29, 0.717) is 6.42 Å². The van der Waals surface area contributed by atoms with Crippen molar-refractivity contribution in [2.45, 2.75) is 6.42 Å². The van der Waals surface area contributed by atoms with Crippen molar-refractivity contribution in [1.82, 2.24) is 20.7 Å². The molecule has 0 atom stereocenters. The lowest BCUT2D eigenvalue weighted by Crippen LogP contribution is -2.43. The topological polar surface area (TPSA) is 154 Å². The number of nitrogens with one attached hydrogen (secondary N) is 4. The third-order valence-electron chi connectivity index (χ3n) is 1.85. The Morgan fingerprint density at radius 1 is 1.00 bits per heavy atom. The van der Waals surface area contributed by atoms with Crippen LogP contribution in [-0.4, -0.2) is 63.9 Å². The molecule has 0 aliphatic carbocycles.